The number of benzene rings is 4. The van der Waals surface area contributed by atoms with E-state index in [1.165, 1.54) is 5.56 Å². The van der Waals surface area contributed by atoms with Crippen LogP contribution >= 0.6 is 0 Å². The normalized spacial score (nSPS) is 14.6. The van der Waals surface area contributed by atoms with Crippen LogP contribution < -0.4 is 15.0 Å². The Labute approximate surface area is 245 Å². The number of aliphatic imine (C=N–C) groups is 1. The topological polar surface area (TPSA) is 57.8 Å². The fourth-order valence-electron chi connectivity index (χ4n) is 5.59. The molecule has 1 atom stereocenters. The van der Waals surface area contributed by atoms with Gasteiger partial charge in [0.05, 0.1) is 18.0 Å². The Morgan fingerprint density at radius 2 is 1.52 bits per heavy atom. The van der Waals surface area contributed by atoms with Gasteiger partial charge in [0.1, 0.15) is 17.3 Å². The van der Waals surface area contributed by atoms with E-state index in [4.69, 9.17) is 14.5 Å². The number of hydrogen-bond acceptors (Lipinski definition) is 4. The van der Waals surface area contributed by atoms with Crippen LogP contribution in [0.4, 0.5) is 5.69 Å². The lowest BCUT2D eigenvalue weighted by molar-refractivity contribution is 0.340. The Balaban J connectivity index is 1.56. The summed E-state index contributed by atoms with van der Waals surface area (Å²) in [4.78, 5) is 18.6. The van der Waals surface area contributed by atoms with Crippen molar-refractivity contribution >= 4 is 17.7 Å². The summed E-state index contributed by atoms with van der Waals surface area (Å²) in [5.74, 6) is 2.15. The van der Waals surface area contributed by atoms with Crippen molar-refractivity contribution in [3.05, 3.63) is 147 Å². The summed E-state index contributed by atoms with van der Waals surface area (Å²) in [6, 6.07) is 34.0. The molecule has 6 nitrogen and oxygen atoms in total. The standard InChI is InChI=1S/C36H33N3O3/c1-5-41-28-21-19-26(20-22-28)35-31(23-37-34-25(3)38(4)39(36(34)40)27-14-7-6-8-15-27)33(29-16-10-9-13-24(29)2)30-17-11-12-18-32(30)42-35/h6-23,33H,5H2,1-4H3/t33-/m1/s1. The van der Waals surface area contributed by atoms with E-state index in [2.05, 4.69) is 31.2 Å². The highest BCUT2D eigenvalue weighted by atomic mass is 16.5. The quantitative estimate of drug-likeness (QED) is 0.195. The predicted molar refractivity (Wildman–Crippen MR) is 169 cm³/mol. The van der Waals surface area contributed by atoms with Gasteiger partial charge in [0.25, 0.3) is 5.56 Å². The van der Waals surface area contributed by atoms with Gasteiger partial charge < -0.3 is 9.47 Å². The molecule has 0 saturated carbocycles. The van der Waals surface area contributed by atoms with Gasteiger partial charge in [-0.1, -0.05) is 60.7 Å². The molecule has 0 fully saturated rings. The molecule has 0 unspecified atom stereocenters. The Morgan fingerprint density at radius 1 is 0.857 bits per heavy atom. The highest BCUT2D eigenvalue weighted by molar-refractivity contribution is 5.95. The zero-order valence-corrected chi connectivity index (χ0v) is 24.2. The van der Waals surface area contributed by atoms with Crippen molar-refractivity contribution in [3.63, 3.8) is 0 Å². The summed E-state index contributed by atoms with van der Waals surface area (Å²) < 4.78 is 15.8. The summed E-state index contributed by atoms with van der Waals surface area (Å²) >= 11 is 0. The number of aryl methyl sites for hydroxylation is 1. The van der Waals surface area contributed by atoms with Gasteiger partial charge >= 0.3 is 0 Å². The number of para-hydroxylation sites is 2. The highest BCUT2D eigenvalue weighted by Crippen LogP contribution is 2.46. The van der Waals surface area contributed by atoms with Gasteiger partial charge in [0.15, 0.2) is 5.69 Å². The molecule has 1 aliphatic heterocycles. The van der Waals surface area contributed by atoms with Crippen LogP contribution in [0.25, 0.3) is 11.4 Å². The SMILES string of the molecule is CCOc1ccc(C2=C(C=Nc3c(C)n(C)n(-c4ccccc4)c3=O)[C@H](c3ccccc3C)c3ccccc3O2)cc1. The molecule has 5 aromatic rings. The molecular weight excluding hydrogens is 522 g/mol. The molecular formula is C36H33N3O3. The second-order valence-electron chi connectivity index (χ2n) is 10.3. The maximum Gasteiger partial charge on any atom is 0.297 e. The number of aromatic nitrogens is 2. The largest absolute Gasteiger partial charge is 0.494 e. The predicted octanol–water partition coefficient (Wildman–Crippen LogP) is 7.53. The van der Waals surface area contributed by atoms with Crippen molar-refractivity contribution < 1.29 is 9.47 Å². The van der Waals surface area contributed by atoms with Gasteiger partial charge in [-0.15, -0.1) is 0 Å². The van der Waals surface area contributed by atoms with Gasteiger partial charge in [0, 0.05) is 35.9 Å². The van der Waals surface area contributed by atoms with Crippen LogP contribution in [0.2, 0.25) is 0 Å². The average Bonchev–Trinajstić information content (AvgIpc) is 3.23. The third-order valence-corrected chi connectivity index (χ3v) is 7.80. The van der Waals surface area contributed by atoms with E-state index >= 15 is 0 Å². The molecule has 0 spiro atoms. The molecule has 4 aromatic carbocycles. The first-order chi connectivity index (χ1) is 20.5. The summed E-state index contributed by atoms with van der Waals surface area (Å²) in [5.41, 5.74) is 6.93. The molecule has 0 bridgehead atoms. The van der Waals surface area contributed by atoms with Crippen LogP contribution in [-0.2, 0) is 7.05 Å². The highest BCUT2D eigenvalue weighted by Gasteiger charge is 2.32. The summed E-state index contributed by atoms with van der Waals surface area (Å²) in [6.07, 6.45) is 1.82. The fourth-order valence-corrected chi connectivity index (χ4v) is 5.59. The van der Waals surface area contributed by atoms with E-state index < -0.39 is 0 Å². The molecule has 0 amide bonds. The number of hydrogen-bond donors (Lipinski definition) is 0. The summed E-state index contributed by atoms with van der Waals surface area (Å²) in [6.45, 7) is 6.60. The molecule has 2 heterocycles. The summed E-state index contributed by atoms with van der Waals surface area (Å²) in [5, 5.41) is 0. The third kappa shape index (κ3) is 4.85. The van der Waals surface area contributed by atoms with E-state index in [0.717, 1.165) is 45.1 Å². The van der Waals surface area contributed by atoms with Crippen molar-refractivity contribution in [2.75, 3.05) is 6.61 Å². The molecule has 1 aliphatic rings. The van der Waals surface area contributed by atoms with E-state index in [1.54, 1.807) is 4.68 Å². The lowest BCUT2D eigenvalue weighted by atomic mass is 9.80. The van der Waals surface area contributed by atoms with Crippen molar-refractivity contribution in [1.29, 1.82) is 0 Å². The van der Waals surface area contributed by atoms with Crippen LogP contribution in [0, 0.1) is 13.8 Å². The van der Waals surface area contributed by atoms with Crippen LogP contribution in [-0.4, -0.2) is 22.2 Å². The number of nitrogens with zero attached hydrogens (tertiary/aromatic N) is 3. The Morgan fingerprint density at radius 3 is 2.24 bits per heavy atom. The Bertz CT molecular complexity index is 1860. The number of allylic oxidation sites excluding steroid dienone is 1. The lowest BCUT2D eigenvalue weighted by Gasteiger charge is -2.30. The van der Waals surface area contributed by atoms with Crippen LogP contribution in [0.15, 0.2) is 118 Å². The smallest absolute Gasteiger partial charge is 0.297 e. The van der Waals surface area contributed by atoms with Crippen LogP contribution in [0.1, 0.15) is 40.8 Å². The van der Waals surface area contributed by atoms with Gasteiger partial charge in [0.2, 0.25) is 0 Å². The Kier molecular flexibility index (Phi) is 7.36. The molecule has 0 aliphatic carbocycles. The third-order valence-electron chi connectivity index (χ3n) is 7.80. The van der Waals surface area contributed by atoms with Crippen LogP contribution in [0.5, 0.6) is 11.5 Å². The first kappa shape index (κ1) is 27.1. The second kappa shape index (κ2) is 11.4. The number of fused-ring (bicyclic) bond motifs is 1. The monoisotopic (exact) mass is 555 g/mol. The van der Waals surface area contributed by atoms with Gasteiger partial charge in [-0.2, -0.15) is 0 Å². The van der Waals surface area contributed by atoms with Crippen molar-refractivity contribution in [2.24, 2.45) is 12.0 Å². The zero-order valence-electron chi connectivity index (χ0n) is 24.2. The van der Waals surface area contributed by atoms with Crippen molar-refractivity contribution in [1.82, 2.24) is 9.36 Å². The maximum atomic E-state index is 13.7. The van der Waals surface area contributed by atoms with E-state index in [1.807, 2.05) is 111 Å². The molecule has 6 rings (SSSR count). The van der Waals surface area contributed by atoms with E-state index in [9.17, 15) is 4.79 Å². The fraction of sp³-hybridized carbons (Fsp3) is 0.167. The van der Waals surface area contributed by atoms with E-state index in [0.29, 0.717) is 18.1 Å². The molecule has 42 heavy (non-hydrogen) atoms. The summed E-state index contributed by atoms with van der Waals surface area (Å²) in [7, 11) is 1.88. The first-order valence-electron chi connectivity index (χ1n) is 14.2. The van der Waals surface area contributed by atoms with Crippen molar-refractivity contribution in [3.8, 4) is 17.2 Å². The van der Waals surface area contributed by atoms with Gasteiger partial charge in [-0.3, -0.25) is 9.48 Å². The van der Waals surface area contributed by atoms with Crippen molar-refractivity contribution in [2.45, 2.75) is 26.7 Å². The minimum absolute atomic E-state index is 0.151. The second-order valence-corrected chi connectivity index (χ2v) is 10.3. The van der Waals surface area contributed by atoms with E-state index in [-0.39, 0.29) is 11.5 Å². The number of ether oxygens (including phenoxy) is 2. The van der Waals surface area contributed by atoms with Gasteiger partial charge in [-0.25, -0.2) is 9.67 Å². The molecule has 1 aromatic heterocycles. The molecule has 0 saturated heterocycles. The first-order valence-corrected chi connectivity index (χ1v) is 14.2. The minimum Gasteiger partial charge on any atom is -0.494 e. The zero-order chi connectivity index (χ0) is 29.2. The molecule has 0 radical (unpaired) electrons. The maximum absolute atomic E-state index is 13.7. The van der Waals surface area contributed by atoms with Gasteiger partial charge in [-0.05, 0) is 74.4 Å². The average molecular weight is 556 g/mol. The minimum atomic E-state index is -0.176. The molecule has 210 valence electrons. The van der Waals surface area contributed by atoms with Crippen LogP contribution in [0.3, 0.4) is 0 Å². The Hall–Kier alpha value is -5.10. The molecule has 0 N–H and O–H groups in total. The molecule has 6 heteroatoms. The number of rotatable bonds is 7. The lowest BCUT2D eigenvalue weighted by Crippen LogP contribution is -2.19.